The minimum absolute atomic E-state index is 0.253. The zero-order valence-corrected chi connectivity index (χ0v) is 13.9. The highest BCUT2D eigenvalue weighted by atomic mass is 35.5. The van der Waals surface area contributed by atoms with Crippen LogP contribution in [0.5, 0.6) is 0 Å². The number of halogens is 2. The van der Waals surface area contributed by atoms with E-state index in [4.69, 9.17) is 23.2 Å². The number of hydrogen-bond donors (Lipinski definition) is 1. The van der Waals surface area contributed by atoms with Gasteiger partial charge in [0.05, 0.1) is 5.02 Å². The van der Waals surface area contributed by atoms with Crippen LogP contribution in [0.25, 0.3) is 10.1 Å². The molecule has 2 aromatic carbocycles. The van der Waals surface area contributed by atoms with Crippen LogP contribution in [0.3, 0.4) is 0 Å². The van der Waals surface area contributed by atoms with E-state index in [1.165, 1.54) is 15.1 Å². The SMILES string of the molecule is C[C@@H](NCc1sc2ccccc2c1Cl)c1ccc(Cl)cc1. The number of nitrogens with one attached hydrogen (secondary N) is 1. The van der Waals surface area contributed by atoms with Crippen LogP contribution in [0, 0.1) is 0 Å². The molecule has 0 bridgehead atoms. The van der Waals surface area contributed by atoms with Gasteiger partial charge in [-0.25, -0.2) is 0 Å². The first-order valence-electron chi connectivity index (χ1n) is 6.80. The van der Waals surface area contributed by atoms with E-state index < -0.39 is 0 Å². The zero-order valence-electron chi connectivity index (χ0n) is 11.6. The van der Waals surface area contributed by atoms with Crippen LogP contribution in [-0.4, -0.2) is 0 Å². The summed E-state index contributed by atoms with van der Waals surface area (Å²) in [6.45, 7) is 2.91. The summed E-state index contributed by atoms with van der Waals surface area (Å²) in [5.74, 6) is 0. The van der Waals surface area contributed by atoms with Gasteiger partial charge in [0.25, 0.3) is 0 Å². The van der Waals surface area contributed by atoms with Gasteiger partial charge in [-0.1, -0.05) is 53.5 Å². The van der Waals surface area contributed by atoms with E-state index in [1.54, 1.807) is 11.3 Å². The molecule has 1 nitrogen and oxygen atoms in total. The molecular formula is C17H15Cl2NS. The highest BCUT2D eigenvalue weighted by Crippen LogP contribution is 2.35. The van der Waals surface area contributed by atoms with Crippen molar-refractivity contribution < 1.29 is 0 Å². The van der Waals surface area contributed by atoms with Crippen molar-refractivity contribution in [1.82, 2.24) is 5.32 Å². The molecule has 1 N–H and O–H groups in total. The summed E-state index contributed by atoms with van der Waals surface area (Å²) in [5, 5.41) is 6.29. The molecule has 1 aromatic heterocycles. The van der Waals surface area contributed by atoms with Gasteiger partial charge >= 0.3 is 0 Å². The van der Waals surface area contributed by atoms with Crippen molar-refractivity contribution in [3.8, 4) is 0 Å². The summed E-state index contributed by atoms with van der Waals surface area (Å²) in [5.41, 5.74) is 1.22. The topological polar surface area (TPSA) is 12.0 Å². The summed E-state index contributed by atoms with van der Waals surface area (Å²) in [7, 11) is 0. The molecule has 0 amide bonds. The molecule has 1 atom stereocenters. The maximum atomic E-state index is 6.46. The molecule has 0 saturated carbocycles. The van der Waals surface area contributed by atoms with Crippen LogP contribution in [0.1, 0.15) is 23.4 Å². The Kier molecular flexibility index (Phi) is 4.51. The number of hydrogen-bond acceptors (Lipinski definition) is 2. The van der Waals surface area contributed by atoms with Crippen LogP contribution in [-0.2, 0) is 6.54 Å². The summed E-state index contributed by atoms with van der Waals surface area (Å²) < 4.78 is 1.23. The first-order chi connectivity index (χ1) is 10.1. The second kappa shape index (κ2) is 6.37. The fraction of sp³-hybridized carbons (Fsp3) is 0.176. The molecule has 3 rings (SSSR count). The van der Waals surface area contributed by atoms with Gasteiger partial charge in [-0.2, -0.15) is 0 Å². The summed E-state index contributed by atoms with van der Waals surface area (Å²) >= 11 is 14.1. The predicted octanol–water partition coefficient (Wildman–Crippen LogP) is 6.06. The third-order valence-corrected chi connectivity index (χ3v) is 5.51. The van der Waals surface area contributed by atoms with Crippen LogP contribution in [0.4, 0.5) is 0 Å². The van der Waals surface area contributed by atoms with E-state index in [0.717, 1.165) is 22.0 Å². The third kappa shape index (κ3) is 3.24. The monoisotopic (exact) mass is 335 g/mol. The molecule has 0 aliphatic carbocycles. The van der Waals surface area contributed by atoms with Gasteiger partial charge in [0.2, 0.25) is 0 Å². The van der Waals surface area contributed by atoms with E-state index in [9.17, 15) is 0 Å². The molecule has 4 heteroatoms. The Morgan fingerprint density at radius 1 is 1.05 bits per heavy atom. The number of fused-ring (bicyclic) bond motifs is 1. The molecule has 108 valence electrons. The molecule has 0 aliphatic rings. The lowest BCUT2D eigenvalue weighted by atomic mass is 10.1. The van der Waals surface area contributed by atoms with Gasteiger partial charge < -0.3 is 5.32 Å². The number of rotatable bonds is 4. The van der Waals surface area contributed by atoms with Gasteiger partial charge in [-0.3, -0.25) is 0 Å². The van der Waals surface area contributed by atoms with Gasteiger partial charge in [0.1, 0.15) is 0 Å². The Morgan fingerprint density at radius 2 is 1.76 bits per heavy atom. The Morgan fingerprint density at radius 3 is 2.48 bits per heavy atom. The molecule has 0 fully saturated rings. The molecule has 0 saturated heterocycles. The molecule has 21 heavy (non-hydrogen) atoms. The fourth-order valence-electron chi connectivity index (χ4n) is 2.29. The normalized spacial score (nSPS) is 12.7. The van der Waals surface area contributed by atoms with Crippen LogP contribution in [0.15, 0.2) is 48.5 Å². The maximum absolute atomic E-state index is 6.46. The molecule has 1 heterocycles. The minimum Gasteiger partial charge on any atom is -0.305 e. The standard InChI is InChI=1S/C17H15Cl2NS/c1-11(12-6-8-13(18)9-7-12)20-10-16-17(19)14-4-2-3-5-15(14)21-16/h2-9,11,20H,10H2,1H3/t11-/m1/s1. The Hall–Kier alpha value is -1.06. The fourth-order valence-corrected chi connectivity index (χ4v) is 3.87. The maximum Gasteiger partial charge on any atom is 0.0636 e. The average Bonchev–Trinajstić information content (AvgIpc) is 2.82. The van der Waals surface area contributed by atoms with Crippen molar-refractivity contribution in [3.63, 3.8) is 0 Å². The first kappa shape index (κ1) is 14.9. The first-order valence-corrected chi connectivity index (χ1v) is 8.37. The van der Waals surface area contributed by atoms with E-state index in [0.29, 0.717) is 0 Å². The highest BCUT2D eigenvalue weighted by Gasteiger charge is 2.11. The van der Waals surface area contributed by atoms with Gasteiger partial charge in [-0.15, -0.1) is 11.3 Å². The second-order valence-electron chi connectivity index (χ2n) is 4.99. The summed E-state index contributed by atoms with van der Waals surface area (Å²) in [4.78, 5) is 1.18. The van der Waals surface area contributed by atoms with E-state index in [1.807, 2.05) is 36.4 Å². The van der Waals surface area contributed by atoms with Crippen molar-refractivity contribution in [3.05, 3.63) is 69.0 Å². The lowest BCUT2D eigenvalue weighted by Crippen LogP contribution is -2.17. The van der Waals surface area contributed by atoms with Crippen molar-refractivity contribution >= 4 is 44.6 Å². The van der Waals surface area contributed by atoms with E-state index in [-0.39, 0.29) is 6.04 Å². The number of benzene rings is 2. The zero-order chi connectivity index (χ0) is 14.8. The van der Waals surface area contributed by atoms with E-state index >= 15 is 0 Å². The van der Waals surface area contributed by atoms with Crippen LogP contribution < -0.4 is 5.32 Å². The largest absolute Gasteiger partial charge is 0.305 e. The Bertz CT molecular complexity index is 749. The molecule has 0 unspecified atom stereocenters. The molecule has 0 spiro atoms. The smallest absolute Gasteiger partial charge is 0.0636 e. The quantitative estimate of drug-likeness (QED) is 0.611. The molecule has 0 radical (unpaired) electrons. The Balaban J connectivity index is 1.74. The van der Waals surface area contributed by atoms with Gasteiger partial charge in [0.15, 0.2) is 0 Å². The summed E-state index contributed by atoms with van der Waals surface area (Å²) in [6, 6.07) is 16.4. The Labute approximate surface area is 138 Å². The third-order valence-electron chi connectivity index (χ3n) is 3.54. The predicted molar refractivity (Wildman–Crippen MR) is 93.5 cm³/mol. The molecule has 3 aromatic rings. The minimum atomic E-state index is 0.253. The van der Waals surface area contributed by atoms with Crippen LogP contribution >= 0.6 is 34.5 Å². The highest BCUT2D eigenvalue weighted by molar-refractivity contribution is 7.19. The van der Waals surface area contributed by atoms with E-state index in [2.05, 4.69) is 24.4 Å². The van der Waals surface area contributed by atoms with Gasteiger partial charge in [0, 0.05) is 32.6 Å². The molecule has 0 aliphatic heterocycles. The summed E-state index contributed by atoms with van der Waals surface area (Å²) in [6.07, 6.45) is 0. The van der Waals surface area contributed by atoms with Crippen molar-refractivity contribution in [2.75, 3.05) is 0 Å². The van der Waals surface area contributed by atoms with Crippen LogP contribution in [0.2, 0.25) is 10.0 Å². The lowest BCUT2D eigenvalue weighted by Gasteiger charge is -2.13. The molecular weight excluding hydrogens is 321 g/mol. The van der Waals surface area contributed by atoms with Crippen molar-refractivity contribution in [2.24, 2.45) is 0 Å². The van der Waals surface area contributed by atoms with Gasteiger partial charge in [-0.05, 0) is 30.7 Å². The average molecular weight is 336 g/mol. The lowest BCUT2D eigenvalue weighted by molar-refractivity contribution is 0.579. The van der Waals surface area contributed by atoms with Crippen molar-refractivity contribution in [2.45, 2.75) is 19.5 Å². The van der Waals surface area contributed by atoms with Crippen molar-refractivity contribution in [1.29, 1.82) is 0 Å². The second-order valence-corrected chi connectivity index (χ2v) is 6.94. The number of thiophene rings is 1.